The second-order valence-electron chi connectivity index (χ2n) is 4.10. The monoisotopic (exact) mass is 276 g/mol. The number of hydrogen-bond donors (Lipinski definition) is 0. The standard InChI is InChI=1S/C10H11BrF2N2/c1-10(2-3-10)9-14-5-6(4-11)7(15-9)8(12)13/h5,8H,2-4H2,1H3. The zero-order chi connectivity index (χ0) is 11.1. The van der Waals surface area contributed by atoms with E-state index in [0.717, 1.165) is 12.8 Å². The van der Waals surface area contributed by atoms with E-state index in [1.165, 1.54) is 6.20 Å². The third-order valence-electron chi connectivity index (χ3n) is 2.79. The van der Waals surface area contributed by atoms with E-state index >= 15 is 0 Å². The Morgan fingerprint density at radius 3 is 2.67 bits per heavy atom. The third kappa shape index (κ3) is 2.02. The summed E-state index contributed by atoms with van der Waals surface area (Å²) in [6.45, 7) is 2.01. The van der Waals surface area contributed by atoms with Gasteiger partial charge in [-0.3, -0.25) is 0 Å². The molecule has 2 nitrogen and oxygen atoms in total. The Bertz CT molecular complexity index is 378. The molecule has 5 heteroatoms. The molecule has 2 rings (SSSR count). The first-order chi connectivity index (χ1) is 7.07. The Morgan fingerprint density at radius 2 is 2.20 bits per heavy atom. The molecular formula is C10H11BrF2N2. The van der Waals surface area contributed by atoms with Gasteiger partial charge in [0.25, 0.3) is 6.43 Å². The highest BCUT2D eigenvalue weighted by Gasteiger charge is 2.42. The summed E-state index contributed by atoms with van der Waals surface area (Å²) < 4.78 is 25.4. The minimum Gasteiger partial charge on any atom is -0.240 e. The number of hydrogen-bond acceptors (Lipinski definition) is 2. The van der Waals surface area contributed by atoms with Crippen molar-refractivity contribution in [2.24, 2.45) is 0 Å². The number of alkyl halides is 3. The molecule has 0 radical (unpaired) electrons. The molecule has 0 bridgehead atoms. The van der Waals surface area contributed by atoms with E-state index in [1.807, 2.05) is 6.92 Å². The smallest absolute Gasteiger partial charge is 0.240 e. The van der Waals surface area contributed by atoms with E-state index in [1.54, 1.807) is 0 Å². The van der Waals surface area contributed by atoms with Gasteiger partial charge in [0.2, 0.25) is 0 Å². The van der Waals surface area contributed by atoms with Crippen LogP contribution in [0.5, 0.6) is 0 Å². The number of nitrogens with zero attached hydrogens (tertiary/aromatic N) is 2. The molecule has 1 aromatic rings. The molecule has 1 saturated carbocycles. The molecule has 1 aliphatic rings. The normalized spacial score (nSPS) is 18.2. The van der Waals surface area contributed by atoms with Crippen molar-refractivity contribution < 1.29 is 8.78 Å². The Morgan fingerprint density at radius 1 is 1.53 bits per heavy atom. The highest BCUT2D eigenvalue weighted by atomic mass is 79.9. The van der Waals surface area contributed by atoms with Gasteiger partial charge in [-0.25, -0.2) is 18.7 Å². The zero-order valence-corrected chi connectivity index (χ0v) is 9.89. The van der Waals surface area contributed by atoms with Crippen LogP contribution >= 0.6 is 15.9 Å². The van der Waals surface area contributed by atoms with E-state index < -0.39 is 6.43 Å². The molecule has 82 valence electrons. The van der Waals surface area contributed by atoms with Crippen molar-refractivity contribution in [1.82, 2.24) is 9.97 Å². The Labute approximate surface area is 95.3 Å². The predicted molar refractivity (Wildman–Crippen MR) is 56.2 cm³/mol. The van der Waals surface area contributed by atoms with Gasteiger partial charge in [0.05, 0.1) is 0 Å². The molecule has 0 saturated heterocycles. The quantitative estimate of drug-likeness (QED) is 0.792. The number of aromatic nitrogens is 2. The first-order valence-corrected chi connectivity index (χ1v) is 5.89. The van der Waals surface area contributed by atoms with Crippen LogP contribution in [-0.4, -0.2) is 9.97 Å². The average Bonchev–Trinajstić information content (AvgIpc) is 2.96. The van der Waals surface area contributed by atoms with Gasteiger partial charge in [0.1, 0.15) is 11.5 Å². The summed E-state index contributed by atoms with van der Waals surface area (Å²) >= 11 is 3.15. The van der Waals surface area contributed by atoms with Gasteiger partial charge in [0, 0.05) is 22.5 Å². The fourth-order valence-corrected chi connectivity index (χ4v) is 1.85. The van der Waals surface area contributed by atoms with E-state index in [-0.39, 0.29) is 11.1 Å². The van der Waals surface area contributed by atoms with Crippen molar-refractivity contribution in [3.8, 4) is 0 Å². The van der Waals surface area contributed by atoms with Gasteiger partial charge in [-0.05, 0) is 12.8 Å². The maximum Gasteiger partial charge on any atom is 0.280 e. The maximum absolute atomic E-state index is 12.7. The summed E-state index contributed by atoms with van der Waals surface area (Å²) in [6.07, 6.45) is 0.955. The molecule has 0 N–H and O–H groups in total. The van der Waals surface area contributed by atoms with Gasteiger partial charge < -0.3 is 0 Å². The molecule has 0 spiro atoms. The second kappa shape index (κ2) is 3.77. The molecule has 0 amide bonds. The van der Waals surface area contributed by atoms with Crippen LogP contribution < -0.4 is 0 Å². The first kappa shape index (κ1) is 10.9. The Kier molecular flexibility index (Phi) is 2.75. The molecule has 0 unspecified atom stereocenters. The average molecular weight is 277 g/mol. The summed E-state index contributed by atoms with van der Waals surface area (Å²) in [5, 5.41) is 0.365. The Hall–Kier alpha value is -0.580. The van der Waals surface area contributed by atoms with E-state index in [2.05, 4.69) is 25.9 Å². The minimum absolute atomic E-state index is 0.0610. The zero-order valence-electron chi connectivity index (χ0n) is 8.30. The highest BCUT2D eigenvalue weighted by Crippen LogP contribution is 2.46. The van der Waals surface area contributed by atoms with Gasteiger partial charge in [-0.1, -0.05) is 22.9 Å². The summed E-state index contributed by atoms with van der Waals surface area (Å²) in [4.78, 5) is 8.14. The molecule has 1 aromatic heterocycles. The lowest BCUT2D eigenvalue weighted by atomic mass is 10.1. The lowest BCUT2D eigenvalue weighted by molar-refractivity contribution is 0.144. The van der Waals surface area contributed by atoms with Crippen LogP contribution in [0, 0.1) is 0 Å². The summed E-state index contributed by atoms with van der Waals surface area (Å²) in [6, 6.07) is 0. The predicted octanol–water partition coefficient (Wildman–Crippen LogP) is 3.36. The minimum atomic E-state index is -2.53. The molecule has 0 aromatic carbocycles. The highest BCUT2D eigenvalue weighted by molar-refractivity contribution is 9.08. The molecule has 1 fully saturated rings. The van der Waals surface area contributed by atoms with Gasteiger partial charge in [0.15, 0.2) is 0 Å². The van der Waals surface area contributed by atoms with Crippen LogP contribution in [-0.2, 0) is 10.7 Å². The van der Waals surface area contributed by atoms with Crippen LogP contribution in [0.25, 0.3) is 0 Å². The van der Waals surface area contributed by atoms with Crippen molar-refractivity contribution in [3.63, 3.8) is 0 Å². The molecular weight excluding hydrogens is 266 g/mol. The van der Waals surface area contributed by atoms with Crippen molar-refractivity contribution >= 4 is 15.9 Å². The SMILES string of the molecule is CC1(c2ncc(CBr)c(C(F)F)n2)CC1. The lowest BCUT2D eigenvalue weighted by Crippen LogP contribution is -2.10. The fraction of sp³-hybridized carbons (Fsp3) is 0.600. The summed E-state index contributed by atoms with van der Waals surface area (Å²) in [5.74, 6) is 0.558. The van der Waals surface area contributed by atoms with E-state index in [0.29, 0.717) is 16.7 Å². The van der Waals surface area contributed by atoms with Crippen LogP contribution in [0.4, 0.5) is 8.78 Å². The van der Waals surface area contributed by atoms with Crippen LogP contribution in [0.3, 0.4) is 0 Å². The van der Waals surface area contributed by atoms with E-state index in [9.17, 15) is 8.78 Å². The maximum atomic E-state index is 12.7. The third-order valence-corrected chi connectivity index (χ3v) is 3.39. The van der Waals surface area contributed by atoms with Crippen LogP contribution in [0.1, 0.15) is 43.3 Å². The van der Waals surface area contributed by atoms with Crippen molar-refractivity contribution in [1.29, 1.82) is 0 Å². The van der Waals surface area contributed by atoms with Crippen molar-refractivity contribution in [3.05, 3.63) is 23.3 Å². The van der Waals surface area contributed by atoms with Crippen LogP contribution in [0.15, 0.2) is 6.20 Å². The van der Waals surface area contributed by atoms with Gasteiger partial charge in [-0.2, -0.15) is 0 Å². The van der Waals surface area contributed by atoms with Gasteiger partial charge in [-0.15, -0.1) is 0 Å². The molecule has 0 aliphatic heterocycles. The topological polar surface area (TPSA) is 25.8 Å². The first-order valence-electron chi connectivity index (χ1n) is 4.77. The molecule has 1 heterocycles. The van der Waals surface area contributed by atoms with E-state index in [4.69, 9.17) is 0 Å². The Balaban J connectivity index is 2.41. The van der Waals surface area contributed by atoms with Crippen LogP contribution in [0.2, 0.25) is 0 Å². The molecule has 1 aliphatic carbocycles. The molecule has 0 atom stereocenters. The second-order valence-corrected chi connectivity index (χ2v) is 4.66. The van der Waals surface area contributed by atoms with Crippen molar-refractivity contribution in [2.45, 2.75) is 36.9 Å². The number of rotatable bonds is 3. The molecule has 15 heavy (non-hydrogen) atoms. The van der Waals surface area contributed by atoms with Gasteiger partial charge >= 0.3 is 0 Å². The summed E-state index contributed by atoms with van der Waals surface area (Å²) in [7, 11) is 0. The number of halogens is 3. The largest absolute Gasteiger partial charge is 0.280 e. The van der Waals surface area contributed by atoms with Crippen molar-refractivity contribution in [2.75, 3.05) is 0 Å². The fourth-order valence-electron chi connectivity index (χ4n) is 1.41. The lowest BCUT2D eigenvalue weighted by Gasteiger charge is -2.10. The summed E-state index contributed by atoms with van der Waals surface area (Å²) in [5.41, 5.74) is 0.275.